The van der Waals surface area contributed by atoms with Gasteiger partial charge < -0.3 is 10.2 Å². The molecule has 3 rings (SSSR count). The molecule has 5 nitrogen and oxygen atoms in total. The van der Waals surface area contributed by atoms with Crippen molar-refractivity contribution in [3.63, 3.8) is 0 Å². The van der Waals surface area contributed by atoms with Gasteiger partial charge in [0.15, 0.2) is 0 Å². The van der Waals surface area contributed by atoms with Crippen LogP contribution in [0.2, 0.25) is 5.28 Å². The molecule has 0 saturated heterocycles. The summed E-state index contributed by atoms with van der Waals surface area (Å²) in [5, 5.41) is 3.45. The molecule has 0 bridgehead atoms. The standard InChI is InChI=1S/C16H21ClF2N4O/c1-23(14(24)11-7-16(18,19)8-11)6-2-5-20-13-12(10-3-4-10)9-21-15(17)22-13/h9-11H,2-8H2,1H3,(H,20,21,22). The maximum Gasteiger partial charge on any atom is 0.249 e. The maximum absolute atomic E-state index is 12.8. The zero-order valence-electron chi connectivity index (χ0n) is 13.6. The molecule has 2 aliphatic rings. The number of amides is 1. The van der Waals surface area contributed by atoms with Gasteiger partial charge in [-0.05, 0) is 36.8 Å². The van der Waals surface area contributed by atoms with Gasteiger partial charge in [0.1, 0.15) is 5.82 Å². The van der Waals surface area contributed by atoms with Gasteiger partial charge in [0.05, 0.1) is 0 Å². The van der Waals surface area contributed by atoms with Crippen LogP contribution in [0.25, 0.3) is 0 Å². The molecule has 2 saturated carbocycles. The number of carbonyl (C=O) groups is 1. The summed E-state index contributed by atoms with van der Waals surface area (Å²) in [4.78, 5) is 21.8. The van der Waals surface area contributed by atoms with Crippen molar-refractivity contribution in [3.05, 3.63) is 17.0 Å². The summed E-state index contributed by atoms with van der Waals surface area (Å²) < 4.78 is 25.7. The lowest BCUT2D eigenvalue weighted by Crippen LogP contribution is -2.45. The van der Waals surface area contributed by atoms with Crippen molar-refractivity contribution >= 4 is 23.3 Å². The summed E-state index contributed by atoms with van der Waals surface area (Å²) >= 11 is 5.85. The molecule has 0 aliphatic heterocycles. The Hall–Kier alpha value is -1.50. The Bertz CT molecular complexity index is 616. The van der Waals surface area contributed by atoms with Crippen molar-refractivity contribution in [1.82, 2.24) is 14.9 Å². The first-order valence-corrected chi connectivity index (χ1v) is 8.62. The minimum absolute atomic E-state index is 0.190. The van der Waals surface area contributed by atoms with E-state index in [1.165, 1.54) is 4.90 Å². The zero-order chi connectivity index (χ0) is 17.3. The third-order valence-corrected chi connectivity index (χ3v) is 4.77. The highest BCUT2D eigenvalue weighted by atomic mass is 35.5. The lowest BCUT2D eigenvalue weighted by atomic mass is 9.80. The molecule has 1 N–H and O–H groups in total. The van der Waals surface area contributed by atoms with E-state index in [2.05, 4.69) is 15.3 Å². The average Bonchev–Trinajstić information content (AvgIpc) is 3.33. The van der Waals surface area contributed by atoms with Crippen LogP contribution >= 0.6 is 11.6 Å². The predicted octanol–water partition coefficient (Wildman–Crippen LogP) is 3.31. The Morgan fingerprint density at radius 3 is 2.79 bits per heavy atom. The van der Waals surface area contributed by atoms with E-state index in [0.29, 0.717) is 25.4 Å². The van der Waals surface area contributed by atoms with Gasteiger partial charge in [-0.15, -0.1) is 0 Å². The molecule has 0 aromatic carbocycles. The van der Waals surface area contributed by atoms with Crippen LogP contribution in [0.1, 0.15) is 43.6 Å². The third kappa shape index (κ3) is 4.12. The van der Waals surface area contributed by atoms with Crippen LogP contribution in [0.4, 0.5) is 14.6 Å². The number of carbonyl (C=O) groups excluding carboxylic acids is 1. The Balaban J connectivity index is 1.42. The largest absolute Gasteiger partial charge is 0.370 e. The van der Waals surface area contributed by atoms with Crippen LogP contribution in [0.15, 0.2) is 6.20 Å². The lowest BCUT2D eigenvalue weighted by molar-refractivity contribution is -0.158. The van der Waals surface area contributed by atoms with Gasteiger partial charge in [0.2, 0.25) is 17.1 Å². The smallest absolute Gasteiger partial charge is 0.249 e. The molecule has 8 heteroatoms. The fourth-order valence-corrected chi connectivity index (χ4v) is 3.12. The van der Waals surface area contributed by atoms with Crippen molar-refractivity contribution < 1.29 is 13.6 Å². The number of halogens is 3. The molecule has 1 heterocycles. The van der Waals surface area contributed by atoms with E-state index in [-0.39, 0.29) is 24.0 Å². The number of hydrogen-bond acceptors (Lipinski definition) is 4. The van der Waals surface area contributed by atoms with Gasteiger partial charge in [-0.2, -0.15) is 0 Å². The molecule has 0 atom stereocenters. The number of rotatable bonds is 7. The monoisotopic (exact) mass is 358 g/mol. The summed E-state index contributed by atoms with van der Waals surface area (Å²) in [6.45, 7) is 1.15. The van der Waals surface area contributed by atoms with Gasteiger partial charge >= 0.3 is 0 Å². The summed E-state index contributed by atoms with van der Waals surface area (Å²) in [6.07, 6.45) is 4.11. The molecular formula is C16H21ClF2N4O. The van der Waals surface area contributed by atoms with E-state index in [1.54, 1.807) is 13.2 Å². The first-order valence-electron chi connectivity index (χ1n) is 8.25. The van der Waals surface area contributed by atoms with Gasteiger partial charge in [-0.25, -0.2) is 18.7 Å². The van der Waals surface area contributed by atoms with Crippen LogP contribution < -0.4 is 5.32 Å². The third-order valence-electron chi connectivity index (χ3n) is 4.58. The highest BCUT2D eigenvalue weighted by Gasteiger charge is 2.49. The number of alkyl halides is 2. The predicted molar refractivity (Wildman–Crippen MR) is 87.4 cm³/mol. The fraction of sp³-hybridized carbons (Fsp3) is 0.688. The van der Waals surface area contributed by atoms with Crippen LogP contribution in [-0.2, 0) is 4.79 Å². The van der Waals surface area contributed by atoms with Crippen LogP contribution in [0.3, 0.4) is 0 Å². The Kier molecular flexibility index (Phi) is 4.90. The summed E-state index contributed by atoms with van der Waals surface area (Å²) in [5.74, 6) is -2.11. The van der Waals surface area contributed by atoms with Gasteiger partial charge in [-0.3, -0.25) is 4.79 Å². The van der Waals surface area contributed by atoms with E-state index in [0.717, 1.165) is 24.2 Å². The lowest BCUT2D eigenvalue weighted by Gasteiger charge is -2.36. The molecular weight excluding hydrogens is 338 g/mol. The second kappa shape index (κ2) is 6.78. The Labute approximate surface area is 144 Å². The second-order valence-corrected chi connectivity index (χ2v) is 7.06. The molecule has 0 radical (unpaired) electrons. The zero-order valence-corrected chi connectivity index (χ0v) is 14.3. The summed E-state index contributed by atoms with van der Waals surface area (Å²) in [5.41, 5.74) is 1.08. The van der Waals surface area contributed by atoms with E-state index in [4.69, 9.17) is 11.6 Å². The van der Waals surface area contributed by atoms with Crippen LogP contribution in [0.5, 0.6) is 0 Å². The quantitative estimate of drug-likeness (QED) is 0.600. The molecule has 1 aromatic rings. The number of nitrogens with one attached hydrogen (secondary N) is 1. The fourth-order valence-electron chi connectivity index (χ4n) is 2.99. The van der Waals surface area contributed by atoms with Gasteiger partial charge in [0.25, 0.3) is 0 Å². The highest BCUT2D eigenvalue weighted by Crippen LogP contribution is 2.43. The van der Waals surface area contributed by atoms with E-state index >= 15 is 0 Å². The molecule has 2 fully saturated rings. The first kappa shape index (κ1) is 17.3. The van der Waals surface area contributed by atoms with Crippen molar-refractivity contribution in [3.8, 4) is 0 Å². The highest BCUT2D eigenvalue weighted by molar-refractivity contribution is 6.28. The SMILES string of the molecule is CN(CCCNc1nc(Cl)ncc1C1CC1)C(=O)C1CC(F)(F)C1. The number of nitrogens with zero attached hydrogens (tertiary/aromatic N) is 3. The van der Waals surface area contributed by atoms with E-state index in [9.17, 15) is 13.6 Å². The normalized spacial score (nSPS) is 19.7. The molecule has 2 aliphatic carbocycles. The van der Waals surface area contributed by atoms with Crippen molar-refractivity contribution in [1.29, 1.82) is 0 Å². The number of anilines is 1. The number of aromatic nitrogens is 2. The topological polar surface area (TPSA) is 58.1 Å². The van der Waals surface area contributed by atoms with Crippen LogP contribution in [0, 0.1) is 5.92 Å². The molecule has 0 spiro atoms. The first-order chi connectivity index (χ1) is 11.4. The number of hydrogen-bond donors (Lipinski definition) is 1. The van der Waals surface area contributed by atoms with Crippen molar-refractivity contribution in [2.75, 3.05) is 25.5 Å². The van der Waals surface area contributed by atoms with Crippen molar-refractivity contribution in [2.24, 2.45) is 5.92 Å². The molecule has 0 unspecified atom stereocenters. The molecule has 24 heavy (non-hydrogen) atoms. The van der Waals surface area contributed by atoms with Gasteiger partial charge in [-0.1, -0.05) is 0 Å². The minimum atomic E-state index is -2.66. The van der Waals surface area contributed by atoms with E-state index < -0.39 is 11.8 Å². The van der Waals surface area contributed by atoms with E-state index in [1.807, 2.05) is 0 Å². The Morgan fingerprint density at radius 2 is 2.17 bits per heavy atom. The minimum Gasteiger partial charge on any atom is -0.370 e. The van der Waals surface area contributed by atoms with Gasteiger partial charge in [0, 0.05) is 50.7 Å². The molecule has 1 amide bonds. The second-order valence-electron chi connectivity index (χ2n) is 6.72. The maximum atomic E-state index is 12.8. The average molecular weight is 359 g/mol. The summed E-state index contributed by atoms with van der Waals surface area (Å²) in [7, 11) is 1.66. The van der Waals surface area contributed by atoms with Crippen molar-refractivity contribution in [2.45, 2.75) is 43.9 Å². The Morgan fingerprint density at radius 1 is 1.46 bits per heavy atom. The molecule has 1 aromatic heterocycles. The van der Waals surface area contributed by atoms with Crippen LogP contribution in [-0.4, -0.2) is 46.8 Å². The molecule has 132 valence electrons. The summed E-state index contributed by atoms with van der Waals surface area (Å²) in [6, 6.07) is 0.